The number of para-hydroxylation sites is 1. The van der Waals surface area contributed by atoms with Crippen molar-refractivity contribution in [2.75, 3.05) is 31.6 Å². The van der Waals surface area contributed by atoms with Gasteiger partial charge in [-0.3, -0.25) is 4.79 Å². The fourth-order valence-electron chi connectivity index (χ4n) is 5.98. The number of carbonyl (C=O) groups excluding carboxylic acids is 1. The maximum atomic E-state index is 12.3. The van der Waals surface area contributed by atoms with Crippen molar-refractivity contribution in [2.24, 2.45) is 11.3 Å². The Labute approximate surface area is 217 Å². The van der Waals surface area contributed by atoms with Gasteiger partial charge in [0.25, 0.3) is 0 Å². The van der Waals surface area contributed by atoms with Crippen LogP contribution in [0.5, 0.6) is 5.75 Å². The highest BCUT2D eigenvalue weighted by Crippen LogP contribution is 2.59. The molecule has 0 bridgehead atoms. The zero-order valence-corrected chi connectivity index (χ0v) is 21.2. The summed E-state index contributed by atoms with van der Waals surface area (Å²) in [4.78, 5) is 19.5. The van der Waals surface area contributed by atoms with Crippen molar-refractivity contribution in [2.45, 2.75) is 32.9 Å². The van der Waals surface area contributed by atoms with E-state index < -0.39 is 0 Å². The summed E-state index contributed by atoms with van der Waals surface area (Å²) in [5, 5.41) is 13.0. The second-order valence-electron chi connectivity index (χ2n) is 10.4. The number of esters is 1. The van der Waals surface area contributed by atoms with E-state index in [4.69, 9.17) is 14.5 Å². The van der Waals surface area contributed by atoms with E-state index in [0.717, 1.165) is 77.6 Å². The van der Waals surface area contributed by atoms with Gasteiger partial charge >= 0.3 is 5.97 Å². The number of aromatic nitrogens is 1. The van der Waals surface area contributed by atoms with E-state index in [1.807, 2.05) is 49.4 Å². The largest absolute Gasteiger partial charge is 0.488 e. The topological polar surface area (TPSA) is 87.5 Å². The van der Waals surface area contributed by atoms with Crippen molar-refractivity contribution in [1.29, 1.82) is 5.26 Å². The number of rotatable bonds is 6. The third-order valence-corrected chi connectivity index (χ3v) is 8.06. The highest BCUT2D eigenvalue weighted by molar-refractivity contribution is 5.83. The zero-order chi connectivity index (χ0) is 25.6. The van der Waals surface area contributed by atoms with E-state index in [1.54, 1.807) is 0 Å². The fourth-order valence-corrected chi connectivity index (χ4v) is 5.98. The molecule has 2 aromatic carbocycles. The molecule has 0 amide bonds. The van der Waals surface area contributed by atoms with Crippen LogP contribution >= 0.6 is 0 Å². The monoisotopic (exact) mass is 494 g/mol. The molecule has 6 rings (SSSR count). The first kappa shape index (κ1) is 23.5. The molecule has 0 unspecified atom stereocenters. The van der Waals surface area contributed by atoms with Gasteiger partial charge in [-0.15, -0.1) is 0 Å². The highest BCUT2D eigenvalue weighted by Gasteiger charge is 2.66. The Kier molecular flexibility index (Phi) is 5.85. The minimum atomic E-state index is -0.364. The summed E-state index contributed by atoms with van der Waals surface area (Å²) in [7, 11) is 1.47. The number of carbonyl (C=O) groups is 1. The van der Waals surface area contributed by atoms with Crippen molar-refractivity contribution in [1.82, 2.24) is 10.3 Å². The first-order chi connectivity index (χ1) is 18.0. The van der Waals surface area contributed by atoms with Gasteiger partial charge in [0.1, 0.15) is 18.2 Å². The smallest absolute Gasteiger partial charge is 0.313 e. The number of nitrogens with one attached hydrogen (secondary N) is 1. The lowest BCUT2D eigenvalue weighted by molar-refractivity contribution is -0.146. The maximum Gasteiger partial charge on any atom is 0.313 e. The molecular weight excluding hydrogens is 464 g/mol. The van der Waals surface area contributed by atoms with Crippen LogP contribution in [0.1, 0.15) is 34.2 Å². The third-order valence-electron chi connectivity index (χ3n) is 8.06. The third kappa shape index (κ3) is 4.11. The number of hydrogen-bond acceptors (Lipinski definition) is 7. The van der Waals surface area contributed by atoms with E-state index in [9.17, 15) is 10.1 Å². The van der Waals surface area contributed by atoms with E-state index in [2.05, 4.69) is 22.4 Å². The summed E-state index contributed by atoms with van der Waals surface area (Å²) in [5.74, 6) is 1.89. The van der Waals surface area contributed by atoms with Crippen molar-refractivity contribution >= 4 is 11.8 Å². The van der Waals surface area contributed by atoms with Crippen LogP contribution in [0.25, 0.3) is 11.3 Å². The summed E-state index contributed by atoms with van der Waals surface area (Å²) >= 11 is 0. The number of aryl methyl sites for hydroxylation is 1. The lowest BCUT2D eigenvalue weighted by atomic mass is 9.94. The van der Waals surface area contributed by atoms with E-state index in [0.29, 0.717) is 19.1 Å². The van der Waals surface area contributed by atoms with Crippen LogP contribution < -0.4 is 15.0 Å². The predicted molar refractivity (Wildman–Crippen MR) is 140 cm³/mol. The normalized spacial score (nSPS) is 21.5. The Morgan fingerprint density at radius 3 is 2.97 bits per heavy atom. The lowest BCUT2D eigenvalue weighted by Crippen LogP contribution is -2.29. The second-order valence-corrected chi connectivity index (χ2v) is 10.4. The Hall–Kier alpha value is -3.89. The fraction of sp³-hybridized carbons (Fsp3) is 0.367. The first-order valence-corrected chi connectivity index (χ1v) is 12.8. The molecule has 0 radical (unpaired) electrons. The van der Waals surface area contributed by atoms with Crippen LogP contribution in [0, 0.1) is 29.6 Å². The molecule has 0 spiro atoms. The van der Waals surface area contributed by atoms with Crippen molar-refractivity contribution in [3.8, 4) is 23.1 Å². The average Bonchev–Trinajstić information content (AvgIpc) is 3.51. The summed E-state index contributed by atoms with van der Waals surface area (Å²) in [6.45, 7) is 5.54. The highest BCUT2D eigenvalue weighted by atomic mass is 16.5. The summed E-state index contributed by atoms with van der Waals surface area (Å²) in [5.41, 5.74) is 6.47. The van der Waals surface area contributed by atoms with Crippen LogP contribution in [0.15, 0.2) is 48.5 Å². The van der Waals surface area contributed by atoms with Gasteiger partial charge < -0.3 is 19.7 Å². The second kappa shape index (κ2) is 9.20. The van der Waals surface area contributed by atoms with Crippen molar-refractivity contribution < 1.29 is 14.3 Å². The SMILES string of the molecule is COC(=O)[C@]12C[C@H]1CN(c1cccc(-c3cccc(C)c3OCc3cc(C#N)c4c(c3)CCNC4)n1)C2. The van der Waals surface area contributed by atoms with Gasteiger partial charge in [-0.25, -0.2) is 4.98 Å². The van der Waals surface area contributed by atoms with E-state index in [1.165, 1.54) is 12.7 Å². The minimum absolute atomic E-state index is 0.108. The molecule has 3 heterocycles. The minimum Gasteiger partial charge on any atom is -0.488 e. The Bertz CT molecular complexity index is 1430. The summed E-state index contributed by atoms with van der Waals surface area (Å²) in [6.07, 6.45) is 1.82. The van der Waals surface area contributed by atoms with Gasteiger partial charge in [0, 0.05) is 25.2 Å². The molecule has 2 atom stereocenters. The van der Waals surface area contributed by atoms with Gasteiger partial charge in [-0.2, -0.15) is 5.26 Å². The van der Waals surface area contributed by atoms with Gasteiger partial charge in [-0.05, 0) is 78.7 Å². The van der Waals surface area contributed by atoms with Crippen molar-refractivity contribution in [3.63, 3.8) is 0 Å². The molecule has 3 aliphatic rings. The van der Waals surface area contributed by atoms with Crippen LogP contribution in [-0.2, 0) is 29.1 Å². The molecule has 1 N–H and O–H groups in total. The summed E-state index contributed by atoms with van der Waals surface area (Å²) < 4.78 is 11.5. The molecule has 37 heavy (non-hydrogen) atoms. The Balaban J connectivity index is 1.26. The van der Waals surface area contributed by atoms with Gasteiger partial charge in [-0.1, -0.05) is 24.3 Å². The summed E-state index contributed by atoms with van der Waals surface area (Å²) in [6, 6.07) is 18.6. The number of nitriles is 1. The number of pyridine rings is 1. The molecule has 1 saturated heterocycles. The zero-order valence-electron chi connectivity index (χ0n) is 21.2. The number of anilines is 1. The molecule has 1 aromatic heterocycles. The quantitative estimate of drug-likeness (QED) is 0.515. The number of benzene rings is 2. The van der Waals surface area contributed by atoms with Gasteiger partial charge in [0.2, 0.25) is 0 Å². The Morgan fingerprint density at radius 2 is 2.14 bits per heavy atom. The molecule has 188 valence electrons. The van der Waals surface area contributed by atoms with Crippen molar-refractivity contribution in [3.05, 3.63) is 76.3 Å². The van der Waals surface area contributed by atoms with Gasteiger partial charge in [0.05, 0.1) is 29.9 Å². The van der Waals surface area contributed by atoms with Crippen LogP contribution in [0.2, 0.25) is 0 Å². The van der Waals surface area contributed by atoms with Crippen LogP contribution in [0.3, 0.4) is 0 Å². The number of methoxy groups -OCH3 is 1. The number of fused-ring (bicyclic) bond motifs is 2. The molecule has 7 heteroatoms. The van der Waals surface area contributed by atoms with Crippen LogP contribution in [0.4, 0.5) is 5.82 Å². The number of ether oxygens (including phenoxy) is 2. The van der Waals surface area contributed by atoms with E-state index >= 15 is 0 Å². The molecule has 1 aliphatic carbocycles. The molecule has 2 fully saturated rings. The number of hydrogen-bond donors (Lipinski definition) is 1. The predicted octanol–water partition coefficient (Wildman–Crippen LogP) is 4.15. The standard InChI is InChI=1S/C30H30N4O3/c1-19-5-3-6-24(28(19)37-17-20-11-21-9-10-32-15-25(21)22(12-20)14-31)26-7-4-8-27(33-26)34-16-23-13-30(23,18-34)29(35)36-2/h3-8,11-12,23,32H,9-10,13,15-18H2,1-2H3/t23-,30-/m0/s1. The first-order valence-electron chi connectivity index (χ1n) is 12.8. The lowest BCUT2D eigenvalue weighted by Gasteiger charge is -2.22. The molecule has 1 saturated carbocycles. The number of nitrogens with zero attached hydrogens (tertiary/aromatic N) is 3. The van der Waals surface area contributed by atoms with Crippen LogP contribution in [-0.4, -0.2) is 37.7 Å². The Morgan fingerprint density at radius 1 is 1.27 bits per heavy atom. The molecule has 3 aromatic rings. The maximum absolute atomic E-state index is 12.3. The van der Waals surface area contributed by atoms with Gasteiger partial charge in [0.15, 0.2) is 0 Å². The molecular formula is C30H30N4O3. The van der Waals surface area contributed by atoms with E-state index in [-0.39, 0.29) is 11.4 Å². The molecule has 7 nitrogen and oxygen atoms in total. The average molecular weight is 495 g/mol. The molecule has 2 aliphatic heterocycles. The number of piperidine rings is 1.